The van der Waals surface area contributed by atoms with Crippen LogP contribution in [0, 0.1) is 25.2 Å². The average molecular weight is 309 g/mol. The lowest BCUT2D eigenvalue weighted by molar-refractivity contribution is 0.121. The first-order chi connectivity index (χ1) is 11.2. The van der Waals surface area contributed by atoms with E-state index >= 15 is 0 Å². The molecule has 1 atom stereocenters. The molecule has 0 saturated carbocycles. The van der Waals surface area contributed by atoms with Crippen LogP contribution in [0.25, 0.3) is 0 Å². The molecule has 5 nitrogen and oxygen atoms in total. The van der Waals surface area contributed by atoms with E-state index in [1.807, 2.05) is 36.7 Å². The highest BCUT2D eigenvalue weighted by Crippen LogP contribution is 2.21. The van der Waals surface area contributed by atoms with Gasteiger partial charge in [0.25, 0.3) is 0 Å². The smallest absolute Gasteiger partial charge is 0.147 e. The highest BCUT2D eigenvalue weighted by atomic mass is 15.4. The predicted octanol–water partition coefficient (Wildman–Crippen LogP) is 2.82. The average Bonchev–Trinajstić information content (AvgIpc) is 2.87. The molecule has 3 rings (SSSR count). The lowest BCUT2D eigenvalue weighted by Gasteiger charge is -2.35. The summed E-state index contributed by atoms with van der Waals surface area (Å²) in [4.78, 5) is 6.93. The lowest BCUT2D eigenvalue weighted by atomic mass is 10.0. The molecule has 0 unspecified atom stereocenters. The molecular weight excluding hydrogens is 286 g/mol. The van der Waals surface area contributed by atoms with Crippen molar-refractivity contribution in [3.8, 4) is 6.07 Å². The van der Waals surface area contributed by atoms with E-state index < -0.39 is 0 Å². The van der Waals surface area contributed by atoms with E-state index in [0.29, 0.717) is 6.04 Å². The minimum atomic E-state index is 0.481. The molecule has 2 heterocycles. The fourth-order valence-corrected chi connectivity index (χ4v) is 3.38. The van der Waals surface area contributed by atoms with E-state index in [9.17, 15) is 0 Å². The molecule has 1 aliphatic rings. The van der Waals surface area contributed by atoms with Crippen molar-refractivity contribution in [2.45, 2.75) is 52.2 Å². The molecule has 1 fully saturated rings. The Labute approximate surface area is 137 Å². The summed E-state index contributed by atoms with van der Waals surface area (Å²) in [5.74, 6) is 1.83. The molecule has 0 spiro atoms. The molecule has 1 aliphatic heterocycles. The number of hydrogen-bond donors (Lipinski definition) is 0. The van der Waals surface area contributed by atoms with Gasteiger partial charge in [0, 0.05) is 12.6 Å². The van der Waals surface area contributed by atoms with Crippen molar-refractivity contribution >= 4 is 0 Å². The maximum absolute atomic E-state index is 9.07. The van der Waals surface area contributed by atoms with Crippen molar-refractivity contribution in [3.05, 3.63) is 47.0 Å². The number of piperidine rings is 1. The Morgan fingerprint density at radius 2 is 2.17 bits per heavy atom. The summed E-state index contributed by atoms with van der Waals surface area (Å²) < 4.78 is 2.03. The third-order valence-corrected chi connectivity index (χ3v) is 4.54. The van der Waals surface area contributed by atoms with Gasteiger partial charge in [0.2, 0.25) is 0 Å². The minimum Gasteiger partial charge on any atom is -0.294 e. The molecule has 23 heavy (non-hydrogen) atoms. The summed E-state index contributed by atoms with van der Waals surface area (Å²) in [5, 5.41) is 13.6. The summed E-state index contributed by atoms with van der Waals surface area (Å²) in [6.45, 7) is 6.85. The highest BCUT2D eigenvalue weighted by molar-refractivity contribution is 5.32. The summed E-state index contributed by atoms with van der Waals surface area (Å²) in [6, 6.07) is 10.6. The van der Waals surface area contributed by atoms with Gasteiger partial charge in [-0.1, -0.05) is 18.6 Å². The largest absolute Gasteiger partial charge is 0.294 e. The molecule has 120 valence electrons. The van der Waals surface area contributed by atoms with Crippen LogP contribution in [0.5, 0.6) is 0 Å². The van der Waals surface area contributed by atoms with Crippen molar-refractivity contribution in [2.24, 2.45) is 0 Å². The fourth-order valence-electron chi connectivity index (χ4n) is 3.38. The predicted molar refractivity (Wildman–Crippen MR) is 88.7 cm³/mol. The standard InChI is InChI=1S/C18H23N5/c1-14-20-15(2)23(21-14)13-18-8-3-4-9-22(18)12-17-7-5-6-16(10-17)11-19/h5-7,10,18H,3-4,8-9,12-13H2,1-2H3/t18-/m0/s1. The topological polar surface area (TPSA) is 57.7 Å². The van der Waals surface area contributed by atoms with Gasteiger partial charge >= 0.3 is 0 Å². The molecular formula is C18H23N5. The highest BCUT2D eigenvalue weighted by Gasteiger charge is 2.24. The molecule has 0 radical (unpaired) electrons. The molecule has 0 N–H and O–H groups in total. The minimum absolute atomic E-state index is 0.481. The van der Waals surface area contributed by atoms with Crippen LogP contribution in [0.4, 0.5) is 0 Å². The second kappa shape index (κ2) is 6.93. The van der Waals surface area contributed by atoms with Gasteiger partial charge in [-0.25, -0.2) is 9.67 Å². The van der Waals surface area contributed by atoms with Gasteiger partial charge in [-0.05, 0) is 50.9 Å². The van der Waals surface area contributed by atoms with Gasteiger partial charge in [-0.3, -0.25) is 4.90 Å². The number of rotatable bonds is 4. The molecule has 1 aromatic carbocycles. The molecule has 1 saturated heterocycles. The zero-order chi connectivity index (χ0) is 16.2. The first-order valence-electron chi connectivity index (χ1n) is 8.27. The van der Waals surface area contributed by atoms with Crippen LogP contribution in [-0.4, -0.2) is 32.3 Å². The molecule has 5 heteroatoms. The number of nitriles is 1. The fraction of sp³-hybridized carbons (Fsp3) is 0.500. The maximum Gasteiger partial charge on any atom is 0.147 e. The van der Waals surface area contributed by atoms with E-state index in [2.05, 4.69) is 27.1 Å². The van der Waals surface area contributed by atoms with Crippen LogP contribution in [0.15, 0.2) is 24.3 Å². The number of aryl methyl sites for hydroxylation is 2. The van der Waals surface area contributed by atoms with Crippen molar-refractivity contribution in [3.63, 3.8) is 0 Å². The quantitative estimate of drug-likeness (QED) is 0.871. The summed E-state index contributed by atoms with van der Waals surface area (Å²) >= 11 is 0. The van der Waals surface area contributed by atoms with Crippen molar-refractivity contribution in [2.75, 3.05) is 6.54 Å². The zero-order valence-electron chi connectivity index (χ0n) is 13.9. The van der Waals surface area contributed by atoms with E-state index in [1.54, 1.807) is 0 Å². The molecule has 2 aromatic rings. The number of likely N-dealkylation sites (tertiary alicyclic amines) is 1. The third kappa shape index (κ3) is 3.77. The van der Waals surface area contributed by atoms with Crippen LogP contribution in [0.1, 0.15) is 42.0 Å². The van der Waals surface area contributed by atoms with Crippen LogP contribution >= 0.6 is 0 Å². The molecule has 1 aromatic heterocycles. The Kier molecular flexibility index (Phi) is 4.73. The van der Waals surface area contributed by atoms with Gasteiger partial charge in [-0.2, -0.15) is 10.4 Å². The van der Waals surface area contributed by atoms with Crippen LogP contribution in [-0.2, 0) is 13.1 Å². The first kappa shape index (κ1) is 15.7. The summed E-state index contributed by atoms with van der Waals surface area (Å²) in [7, 11) is 0. The normalized spacial score (nSPS) is 18.7. The van der Waals surface area contributed by atoms with Gasteiger partial charge in [0.15, 0.2) is 0 Å². The summed E-state index contributed by atoms with van der Waals surface area (Å²) in [5.41, 5.74) is 1.95. The number of benzene rings is 1. The number of nitrogens with zero attached hydrogens (tertiary/aromatic N) is 5. The number of aromatic nitrogens is 3. The summed E-state index contributed by atoms with van der Waals surface area (Å²) in [6.07, 6.45) is 3.70. The SMILES string of the molecule is Cc1nc(C)n(C[C@@H]2CCCCN2Cc2cccc(C#N)c2)n1. The molecule has 0 amide bonds. The van der Waals surface area contributed by atoms with Crippen LogP contribution < -0.4 is 0 Å². The molecule has 0 bridgehead atoms. The number of hydrogen-bond acceptors (Lipinski definition) is 4. The lowest BCUT2D eigenvalue weighted by Crippen LogP contribution is -2.41. The Morgan fingerprint density at radius 3 is 2.91 bits per heavy atom. The second-order valence-corrected chi connectivity index (χ2v) is 6.32. The molecule has 0 aliphatic carbocycles. The second-order valence-electron chi connectivity index (χ2n) is 6.32. The van der Waals surface area contributed by atoms with Crippen molar-refractivity contribution in [1.29, 1.82) is 5.26 Å². The third-order valence-electron chi connectivity index (χ3n) is 4.54. The van der Waals surface area contributed by atoms with E-state index in [-0.39, 0.29) is 0 Å². The Bertz CT molecular complexity index is 712. The van der Waals surface area contributed by atoms with Gasteiger partial charge in [0.1, 0.15) is 11.6 Å². The van der Waals surface area contributed by atoms with Gasteiger partial charge in [0.05, 0.1) is 18.2 Å². The van der Waals surface area contributed by atoms with Crippen molar-refractivity contribution < 1.29 is 0 Å². The van der Waals surface area contributed by atoms with E-state index in [1.165, 1.54) is 24.8 Å². The van der Waals surface area contributed by atoms with Gasteiger partial charge < -0.3 is 0 Å². The van der Waals surface area contributed by atoms with Gasteiger partial charge in [-0.15, -0.1) is 0 Å². The monoisotopic (exact) mass is 309 g/mol. The van der Waals surface area contributed by atoms with Crippen LogP contribution in [0.3, 0.4) is 0 Å². The van der Waals surface area contributed by atoms with Crippen LogP contribution in [0.2, 0.25) is 0 Å². The van der Waals surface area contributed by atoms with E-state index in [0.717, 1.165) is 36.8 Å². The van der Waals surface area contributed by atoms with Crippen molar-refractivity contribution in [1.82, 2.24) is 19.7 Å². The Hall–Kier alpha value is -2.19. The van der Waals surface area contributed by atoms with E-state index in [4.69, 9.17) is 5.26 Å². The Morgan fingerprint density at radius 1 is 1.30 bits per heavy atom. The maximum atomic E-state index is 9.07. The Balaban J connectivity index is 1.73. The first-order valence-corrected chi connectivity index (χ1v) is 8.27. The zero-order valence-corrected chi connectivity index (χ0v) is 13.9.